The summed E-state index contributed by atoms with van der Waals surface area (Å²) in [6, 6.07) is 6.41. The minimum atomic E-state index is -0.356. The fraction of sp³-hybridized carbons (Fsp3) is 0.417. The van der Waals surface area contributed by atoms with Crippen LogP contribution in [0.25, 0.3) is 0 Å². The Morgan fingerprint density at radius 3 is 2.94 bits per heavy atom. The molecule has 84 valence electrons. The van der Waals surface area contributed by atoms with E-state index in [9.17, 15) is 4.39 Å². The Labute approximate surface area is 94.3 Å². The molecule has 0 amide bonds. The van der Waals surface area contributed by atoms with Crippen molar-refractivity contribution in [1.29, 1.82) is 5.26 Å². The van der Waals surface area contributed by atoms with Crippen LogP contribution in [0.5, 0.6) is 0 Å². The maximum absolute atomic E-state index is 13.2. The summed E-state index contributed by atoms with van der Waals surface area (Å²) in [6.45, 7) is 2.40. The van der Waals surface area contributed by atoms with E-state index in [1.165, 1.54) is 12.1 Å². The van der Waals surface area contributed by atoms with Crippen molar-refractivity contribution in [3.63, 3.8) is 0 Å². The summed E-state index contributed by atoms with van der Waals surface area (Å²) in [5.41, 5.74) is 6.76. The van der Waals surface area contributed by atoms with Gasteiger partial charge in [0.1, 0.15) is 5.82 Å². The fourth-order valence-corrected chi connectivity index (χ4v) is 2.08. The molecule has 0 radical (unpaired) electrons. The monoisotopic (exact) mass is 219 g/mol. The topological polar surface area (TPSA) is 53.0 Å². The van der Waals surface area contributed by atoms with Crippen LogP contribution in [0.4, 0.5) is 10.1 Å². The Balaban J connectivity index is 2.21. The van der Waals surface area contributed by atoms with E-state index in [0.29, 0.717) is 18.0 Å². The van der Waals surface area contributed by atoms with Crippen LogP contribution in [0.1, 0.15) is 12.0 Å². The Morgan fingerprint density at radius 1 is 1.50 bits per heavy atom. The van der Waals surface area contributed by atoms with E-state index >= 15 is 0 Å². The highest BCUT2D eigenvalue weighted by atomic mass is 19.1. The zero-order valence-corrected chi connectivity index (χ0v) is 8.99. The Kier molecular flexibility index (Phi) is 3.07. The highest BCUT2D eigenvalue weighted by Crippen LogP contribution is 2.25. The molecule has 2 N–H and O–H groups in total. The molecule has 0 aliphatic carbocycles. The molecule has 1 aliphatic rings. The van der Waals surface area contributed by atoms with Crippen LogP contribution >= 0.6 is 0 Å². The molecule has 1 heterocycles. The van der Waals surface area contributed by atoms with Crippen LogP contribution in [0, 0.1) is 23.1 Å². The van der Waals surface area contributed by atoms with Crippen LogP contribution in [0.15, 0.2) is 18.2 Å². The van der Waals surface area contributed by atoms with Crippen molar-refractivity contribution < 1.29 is 4.39 Å². The van der Waals surface area contributed by atoms with Gasteiger partial charge in [-0.05, 0) is 37.1 Å². The summed E-state index contributed by atoms with van der Waals surface area (Å²) in [7, 11) is 0. The van der Waals surface area contributed by atoms with Gasteiger partial charge in [0.05, 0.1) is 11.6 Å². The fourth-order valence-electron chi connectivity index (χ4n) is 2.08. The maximum atomic E-state index is 13.2. The van der Waals surface area contributed by atoms with Gasteiger partial charge in [0.15, 0.2) is 0 Å². The lowest BCUT2D eigenvalue weighted by Crippen LogP contribution is -2.22. The molecule has 2 rings (SSSR count). The number of halogens is 1. The molecule has 16 heavy (non-hydrogen) atoms. The molecule has 1 aromatic carbocycles. The third-order valence-electron chi connectivity index (χ3n) is 3.00. The minimum Gasteiger partial charge on any atom is -0.371 e. The van der Waals surface area contributed by atoms with Gasteiger partial charge in [0, 0.05) is 18.8 Å². The van der Waals surface area contributed by atoms with E-state index in [1.807, 2.05) is 6.07 Å². The van der Waals surface area contributed by atoms with Gasteiger partial charge in [0.2, 0.25) is 0 Å². The summed E-state index contributed by atoms with van der Waals surface area (Å²) < 4.78 is 13.2. The minimum absolute atomic E-state index is 0.356. The molecule has 1 aromatic rings. The number of hydrogen-bond acceptors (Lipinski definition) is 3. The third-order valence-corrected chi connectivity index (χ3v) is 3.00. The third kappa shape index (κ3) is 2.15. The summed E-state index contributed by atoms with van der Waals surface area (Å²) in [6.07, 6.45) is 1.04. The number of nitrogens with two attached hydrogens (primary N) is 1. The van der Waals surface area contributed by atoms with E-state index in [0.717, 1.165) is 25.2 Å². The van der Waals surface area contributed by atoms with Crippen LogP contribution in [0.2, 0.25) is 0 Å². The molecule has 0 bridgehead atoms. The van der Waals surface area contributed by atoms with Gasteiger partial charge < -0.3 is 10.6 Å². The quantitative estimate of drug-likeness (QED) is 0.819. The average Bonchev–Trinajstić information content (AvgIpc) is 2.76. The molecular formula is C12H14FN3. The van der Waals surface area contributed by atoms with Crippen molar-refractivity contribution in [2.75, 3.05) is 24.5 Å². The lowest BCUT2D eigenvalue weighted by atomic mass is 10.1. The number of anilines is 1. The zero-order chi connectivity index (χ0) is 11.5. The van der Waals surface area contributed by atoms with Gasteiger partial charge >= 0.3 is 0 Å². The number of nitriles is 1. The molecule has 1 aliphatic heterocycles. The predicted molar refractivity (Wildman–Crippen MR) is 60.5 cm³/mol. The Morgan fingerprint density at radius 2 is 2.31 bits per heavy atom. The van der Waals surface area contributed by atoms with Crippen molar-refractivity contribution in [3.05, 3.63) is 29.6 Å². The highest BCUT2D eigenvalue weighted by Gasteiger charge is 2.21. The second-order valence-corrected chi connectivity index (χ2v) is 4.15. The van der Waals surface area contributed by atoms with E-state index in [2.05, 4.69) is 4.90 Å². The molecule has 0 unspecified atom stereocenters. The van der Waals surface area contributed by atoms with Gasteiger partial charge in [-0.25, -0.2) is 4.39 Å². The van der Waals surface area contributed by atoms with Crippen LogP contribution < -0.4 is 10.6 Å². The largest absolute Gasteiger partial charge is 0.371 e. The van der Waals surface area contributed by atoms with Gasteiger partial charge in [0.25, 0.3) is 0 Å². The maximum Gasteiger partial charge on any atom is 0.126 e. The van der Waals surface area contributed by atoms with Crippen molar-refractivity contribution >= 4 is 5.69 Å². The number of hydrogen-bond donors (Lipinski definition) is 1. The number of benzene rings is 1. The SMILES string of the molecule is N#Cc1cc(F)cc(N2CC[C@H](CN)C2)c1. The molecule has 0 saturated carbocycles. The lowest BCUT2D eigenvalue weighted by molar-refractivity contribution is 0.602. The molecule has 1 fully saturated rings. The average molecular weight is 219 g/mol. The molecule has 3 nitrogen and oxygen atoms in total. The second kappa shape index (κ2) is 4.50. The molecule has 1 atom stereocenters. The summed E-state index contributed by atoms with van der Waals surface area (Å²) in [4.78, 5) is 2.08. The normalized spacial score (nSPS) is 19.8. The van der Waals surface area contributed by atoms with E-state index in [4.69, 9.17) is 11.0 Å². The number of nitrogens with zero attached hydrogens (tertiary/aromatic N) is 2. The van der Waals surface area contributed by atoms with Gasteiger partial charge in [-0.2, -0.15) is 5.26 Å². The Bertz CT molecular complexity index is 425. The molecular weight excluding hydrogens is 205 g/mol. The molecule has 4 heteroatoms. The molecule has 0 spiro atoms. The van der Waals surface area contributed by atoms with E-state index in [1.54, 1.807) is 6.07 Å². The summed E-state index contributed by atoms with van der Waals surface area (Å²) >= 11 is 0. The Hall–Kier alpha value is -1.60. The smallest absolute Gasteiger partial charge is 0.126 e. The standard InChI is InChI=1S/C12H14FN3/c13-11-3-10(7-15)4-12(5-11)16-2-1-9(6-14)8-16/h3-5,9H,1-2,6,8,14H2/t9-/m1/s1. The summed E-state index contributed by atoms with van der Waals surface area (Å²) in [5, 5.41) is 8.77. The van der Waals surface area contributed by atoms with Crippen molar-refractivity contribution in [2.45, 2.75) is 6.42 Å². The van der Waals surface area contributed by atoms with Crippen molar-refractivity contribution in [1.82, 2.24) is 0 Å². The first kappa shape index (κ1) is 10.9. The van der Waals surface area contributed by atoms with Gasteiger partial charge in [-0.1, -0.05) is 0 Å². The van der Waals surface area contributed by atoms with Crippen LogP contribution in [-0.2, 0) is 0 Å². The van der Waals surface area contributed by atoms with Gasteiger partial charge in [-0.3, -0.25) is 0 Å². The summed E-state index contributed by atoms with van der Waals surface area (Å²) in [5.74, 6) is 0.124. The van der Waals surface area contributed by atoms with E-state index < -0.39 is 0 Å². The van der Waals surface area contributed by atoms with Crippen LogP contribution in [0.3, 0.4) is 0 Å². The zero-order valence-electron chi connectivity index (χ0n) is 8.99. The first-order valence-corrected chi connectivity index (χ1v) is 5.38. The van der Waals surface area contributed by atoms with Crippen molar-refractivity contribution in [2.24, 2.45) is 11.7 Å². The van der Waals surface area contributed by atoms with Gasteiger partial charge in [-0.15, -0.1) is 0 Å². The predicted octanol–water partition coefficient (Wildman–Crippen LogP) is 1.48. The van der Waals surface area contributed by atoms with E-state index in [-0.39, 0.29) is 5.82 Å². The first-order valence-electron chi connectivity index (χ1n) is 5.38. The first-order chi connectivity index (χ1) is 7.72. The lowest BCUT2D eigenvalue weighted by Gasteiger charge is -2.18. The van der Waals surface area contributed by atoms with Crippen molar-refractivity contribution in [3.8, 4) is 6.07 Å². The second-order valence-electron chi connectivity index (χ2n) is 4.15. The van der Waals surface area contributed by atoms with Crippen LogP contribution in [-0.4, -0.2) is 19.6 Å². The molecule has 0 aromatic heterocycles. The molecule has 1 saturated heterocycles. The highest BCUT2D eigenvalue weighted by molar-refractivity contribution is 5.52. The number of rotatable bonds is 2.